The molecule has 0 atom stereocenters. The van der Waals surface area contributed by atoms with Crippen molar-refractivity contribution in [3.63, 3.8) is 0 Å². The van der Waals surface area contributed by atoms with Crippen LogP contribution in [0, 0.1) is 0 Å². The van der Waals surface area contributed by atoms with Crippen molar-refractivity contribution in [3.05, 3.63) is 150 Å². The summed E-state index contributed by atoms with van der Waals surface area (Å²) in [5.74, 6) is -1.08. The second-order valence-corrected chi connectivity index (χ2v) is 29.9. The van der Waals surface area contributed by atoms with Crippen molar-refractivity contribution >= 4 is 22.0 Å². The topological polar surface area (TPSA) is 12.0 Å². The van der Waals surface area contributed by atoms with Crippen LogP contribution in [-0.4, -0.2) is 5.98 Å². The number of hydrogen-bond donors (Lipinski definition) is 1. The van der Waals surface area contributed by atoms with Crippen LogP contribution >= 0.6 is 0 Å². The monoisotopic (exact) mass is 732 g/mol. The van der Waals surface area contributed by atoms with Crippen LogP contribution < -0.4 is 38.5 Å². The Morgan fingerprint density at radius 3 is 1.51 bits per heavy atom. The second kappa shape index (κ2) is 13.3. The molecule has 6 rings (SSSR count). The fourth-order valence-electron chi connectivity index (χ4n) is 5.91. The van der Waals surface area contributed by atoms with Crippen molar-refractivity contribution in [1.29, 1.82) is 0 Å². The number of anilines is 1. The normalized spacial score (nSPS) is 11.8. The summed E-state index contributed by atoms with van der Waals surface area (Å²) in [6.45, 7) is 4.63. The first-order valence-corrected chi connectivity index (χ1v) is 25.1. The molecule has 195 valence electrons. The van der Waals surface area contributed by atoms with Crippen LogP contribution in [0.1, 0.15) is 40.1 Å². The average molecular weight is 732 g/mol. The Balaban J connectivity index is 0.00000176. The fourth-order valence-corrected chi connectivity index (χ4v) is 36.6. The summed E-state index contributed by atoms with van der Waals surface area (Å²) in [6, 6.07) is 50.3. The minimum atomic E-state index is -2.79. The summed E-state index contributed by atoms with van der Waals surface area (Å²) in [5, 5.41) is 3.12. The van der Waals surface area contributed by atoms with Gasteiger partial charge in [0.15, 0.2) is 0 Å². The van der Waals surface area contributed by atoms with Gasteiger partial charge in [-0.25, -0.2) is 0 Å². The van der Waals surface area contributed by atoms with Gasteiger partial charge < -0.3 is 24.8 Å². The number of nitrogens with one attached hydrogen (secondary N) is 1. The van der Waals surface area contributed by atoms with Gasteiger partial charge >= 0.3 is 231 Å². The summed E-state index contributed by atoms with van der Waals surface area (Å²) < 4.78 is 4.91. The second-order valence-electron chi connectivity index (χ2n) is 10.2. The molecule has 0 bridgehead atoms. The van der Waals surface area contributed by atoms with Crippen LogP contribution in [0.2, 0.25) is 0 Å². The molecule has 0 saturated heterocycles. The summed E-state index contributed by atoms with van der Waals surface area (Å²) in [7, 11) is 0. The maximum absolute atomic E-state index is 4.42. The zero-order valence-corrected chi connectivity index (χ0v) is 28.4. The standard InChI is InChI=1S/C13H9.C12H11Si.C9H12N.2ClH.Hf/c1-3-7-12-10(5-1)9-11-6-2-4-8-13(11)12;1-3-7-11(8-4-1)13-12-9-5-2-6-10-12;1-7(2)8-5-3-4-6-9(8)10;;;/h1-9H;1-10,13H;3-7,10H,1-2H3;2*1H;/q;;-1;;;+3/p-2. The average Bonchev–Trinajstić information content (AvgIpc) is 3.28. The van der Waals surface area contributed by atoms with Crippen molar-refractivity contribution in [2.75, 3.05) is 3.30 Å². The molecule has 5 aromatic carbocycles. The molecule has 39 heavy (non-hydrogen) atoms. The van der Waals surface area contributed by atoms with Gasteiger partial charge in [0.2, 0.25) is 0 Å². The number of benzene rings is 5. The van der Waals surface area contributed by atoms with Crippen LogP contribution in [0.4, 0.5) is 5.69 Å². The van der Waals surface area contributed by atoms with E-state index in [1.807, 2.05) is 0 Å². The van der Waals surface area contributed by atoms with E-state index in [1.54, 1.807) is 10.4 Å². The van der Waals surface area contributed by atoms with Crippen molar-refractivity contribution in [3.8, 4) is 11.1 Å². The van der Waals surface area contributed by atoms with Gasteiger partial charge in [-0.2, -0.15) is 0 Å². The van der Waals surface area contributed by atoms with E-state index in [0.29, 0.717) is 9.59 Å². The SMILES string of the molecule is CC(C)c1ccccc1[NH][Hf+2]([CH]1c2ccccc2-c2ccccc21)[SiH](c1ccccc1)c1ccccc1.[Cl-].[Cl-]. The molecule has 1 aliphatic carbocycles. The Labute approximate surface area is 254 Å². The fraction of sp³-hybridized carbons (Fsp3) is 0.118. The van der Waals surface area contributed by atoms with E-state index in [-0.39, 0.29) is 24.8 Å². The van der Waals surface area contributed by atoms with Crippen LogP contribution in [0.3, 0.4) is 0 Å². The summed E-state index contributed by atoms with van der Waals surface area (Å²) in [5.41, 5.74) is 8.70. The van der Waals surface area contributed by atoms with Gasteiger partial charge in [0.1, 0.15) is 0 Å². The van der Waals surface area contributed by atoms with E-state index in [1.165, 1.54) is 33.5 Å². The number of para-hydroxylation sites is 1. The number of fused-ring (bicyclic) bond motifs is 3. The van der Waals surface area contributed by atoms with Crippen LogP contribution in [0.5, 0.6) is 0 Å². The van der Waals surface area contributed by atoms with Crippen molar-refractivity contribution in [1.82, 2.24) is 0 Å². The molecule has 5 heteroatoms. The van der Waals surface area contributed by atoms with Crippen LogP contribution in [0.25, 0.3) is 11.1 Å². The first kappa shape index (κ1) is 29.5. The third kappa shape index (κ3) is 5.88. The van der Waals surface area contributed by atoms with Gasteiger partial charge in [0.05, 0.1) is 0 Å². The Morgan fingerprint density at radius 2 is 1.00 bits per heavy atom. The predicted octanol–water partition coefficient (Wildman–Crippen LogP) is 1.07. The van der Waals surface area contributed by atoms with Crippen LogP contribution in [-0.2, 0) is 20.9 Å². The third-order valence-corrected chi connectivity index (χ3v) is 34.6. The predicted molar refractivity (Wildman–Crippen MR) is 157 cm³/mol. The molecule has 0 radical (unpaired) electrons. The van der Waals surface area contributed by atoms with E-state index >= 15 is 0 Å². The molecule has 0 aliphatic heterocycles. The Kier molecular flexibility index (Phi) is 10.1. The van der Waals surface area contributed by atoms with Gasteiger partial charge in [-0.05, 0) is 0 Å². The van der Waals surface area contributed by atoms with Gasteiger partial charge in [-0.15, -0.1) is 0 Å². The molecule has 5 aromatic rings. The minimum absolute atomic E-state index is 0. The molecule has 1 N–H and O–H groups in total. The van der Waals surface area contributed by atoms with Crippen molar-refractivity contribution in [2.45, 2.75) is 23.4 Å². The zero-order valence-electron chi connectivity index (χ0n) is 22.2. The molecule has 0 heterocycles. The maximum Gasteiger partial charge on any atom is -1.00 e. The third-order valence-electron chi connectivity index (χ3n) is 7.58. The Hall–Kier alpha value is -2.43. The Morgan fingerprint density at radius 1 is 0.564 bits per heavy atom. The Bertz CT molecular complexity index is 1420. The molecule has 0 unspecified atom stereocenters. The van der Waals surface area contributed by atoms with Crippen molar-refractivity contribution < 1.29 is 45.7 Å². The van der Waals surface area contributed by atoms with Gasteiger partial charge in [-0.3, -0.25) is 0 Å². The molecule has 0 spiro atoms. The van der Waals surface area contributed by atoms with Crippen LogP contribution in [0.15, 0.2) is 133 Å². The zero-order chi connectivity index (χ0) is 25.2. The van der Waals surface area contributed by atoms with E-state index in [2.05, 4.69) is 151 Å². The van der Waals surface area contributed by atoms with E-state index in [9.17, 15) is 0 Å². The molecule has 0 aromatic heterocycles. The van der Waals surface area contributed by atoms with E-state index in [0.717, 1.165) is 0 Å². The summed E-state index contributed by atoms with van der Waals surface area (Å²) in [4.78, 5) is 0. The molecule has 0 saturated carbocycles. The molecular formula is C34H32Cl2HfNSi. The van der Waals surface area contributed by atoms with Gasteiger partial charge in [0.25, 0.3) is 0 Å². The number of halogens is 2. The smallest absolute Gasteiger partial charge is 1.00 e. The molecule has 1 nitrogen and oxygen atoms in total. The summed E-state index contributed by atoms with van der Waals surface area (Å²) in [6.07, 6.45) is 0. The van der Waals surface area contributed by atoms with E-state index in [4.69, 9.17) is 0 Å². The van der Waals surface area contributed by atoms with Crippen molar-refractivity contribution in [2.24, 2.45) is 0 Å². The summed E-state index contributed by atoms with van der Waals surface area (Å²) >= 11 is -2.79. The molecular weight excluding hydrogens is 700 g/mol. The van der Waals surface area contributed by atoms with E-state index < -0.39 is 26.9 Å². The first-order chi connectivity index (χ1) is 18.2. The van der Waals surface area contributed by atoms with Gasteiger partial charge in [-0.1, -0.05) is 0 Å². The maximum atomic E-state index is 4.42. The largest absolute Gasteiger partial charge is 1.00 e. The molecule has 0 fully saturated rings. The number of hydrogen-bond acceptors (Lipinski definition) is 1. The quantitative estimate of drug-likeness (QED) is 0.248. The minimum Gasteiger partial charge on any atom is -1.00 e. The molecule has 1 aliphatic rings. The molecule has 0 amide bonds. The number of rotatable bonds is 7. The first-order valence-electron chi connectivity index (χ1n) is 13.2. The van der Waals surface area contributed by atoms with Gasteiger partial charge in [0, 0.05) is 0 Å².